The van der Waals surface area contributed by atoms with Crippen LogP contribution in [0.15, 0.2) is 66.2 Å². The molecular weight excluding hydrogens is 473 g/mol. The van der Waals surface area contributed by atoms with Gasteiger partial charge in [-0.1, -0.05) is 59.1 Å². The Morgan fingerprint density at radius 2 is 1.68 bits per heavy atom. The zero-order valence-corrected chi connectivity index (χ0v) is 20.0. The van der Waals surface area contributed by atoms with E-state index in [1.54, 1.807) is 30.3 Å². The predicted octanol–water partition coefficient (Wildman–Crippen LogP) is 6.17. The normalized spacial score (nSPS) is 10.9. The Kier molecular flexibility index (Phi) is 8.31. The van der Waals surface area contributed by atoms with Crippen molar-refractivity contribution in [2.45, 2.75) is 13.8 Å². The number of nitrogens with zero attached hydrogens (tertiary/aromatic N) is 1. The van der Waals surface area contributed by atoms with Crippen molar-refractivity contribution in [3.05, 3.63) is 93.0 Å². The number of amides is 2. The van der Waals surface area contributed by atoms with Crippen LogP contribution in [0.4, 0.5) is 11.4 Å². The van der Waals surface area contributed by atoms with Crippen molar-refractivity contribution < 1.29 is 14.3 Å². The van der Waals surface area contributed by atoms with Crippen LogP contribution in [0.1, 0.15) is 16.7 Å². The van der Waals surface area contributed by atoms with Gasteiger partial charge in [0.1, 0.15) is 11.6 Å². The van der Waals surface area contributed by atoms with Crippen molar-refractivity contribution in [2.75, 3.05) is 17.2 Å². The van der Waals surface area contributed by atoms with Crippen LogP contribution in [0, 0.1) is 25.2 Å². The Bertz CT molecular complexity index is 1280. The molecule has 6 nitrogen and oxygen atoms in total. The Labute approximate surface area is 207 Å². The maximum atomic E-state index is 12.6. The smallest absolute Gasteiger partial charge is 0.266 e. The molecule has 0 aliphatic heterocycles. The predicted molar refractivity (Wildman–Crippen MR) is 135 cm³/mol. The van der Waals surface area contributed by atoms with Crippen LogP contribution in [0.2, 0.25) is 10.0 Å². The highest BCUT2D eigenvalue weighted by molar-refractivity contribution is 6.37. The summed E-state index contributed by atoms with van der Waals surface area (Å²) >= 11 is 12.6. The summed E-state index contributed by atoms with van der Waals surface area (Å²) in [6, 6.07) is 19.4. The van der Waals surface area contributed by atoms with E-state index in [0.29, 0.717) is 16.9 Å². The maximum Gasteiger partial charge on any atom is 0.266 e. The van der Waals surface area contributed by atoms with Crippen molar-refractivity contribution in [1.29, 1.82) is 5.26 Å². The standard InChI is InChI=1S/C26H21Cl2N3O3/c1-16-8-9-23(17(2)10-16)31-26(33)19(14-29)11-18-12-21(27)25(22(28)13-18)34-15-24(32)30-20-6-4-3-5-7-20/h3-13H,15H2,1-2H3,(H,30,32)(H,31,33)/b19-11+. The SMILES string of the molecule is Cc1ccc(NC(=O)/C(C#N)=C/c2cc(Cl)c(OCC(=O)Nc3ccccc3)c(Cl)c2)c(C)c1. The molecular formula is C26H21Cl2N3O3. The van der Waals surface area contributed by atoms with Crippen LogP contribution in [0.5, 0.6) is 5.75 Å². The van der Waals surface area contributed by atoms with Gasteiger partial charge >= 0.3 is 0 Å². The van der Waals surface area contributed by atoms with E-state index in [0.717, 1.165) is 11.1 Å². The van der Waals surface area contributed by atoms with Crippen LogP contribution in [-0.2, 0) is 9.59 Å². The minimum Gasteiger partial charge on any atom is -0.481 e. The summed E-state index contributed by atoms with van der Waals surface area (Å²) in [6.07, 6.45) is 1.38. The molecule has 0 unspecified atom stereocenters. The van der Waals surface area contributed by atoms with E-state index >= 15 is 0 Å². The van der Waals surface area contributed by atoms with Gasteiger partial charge in [0.15, 0.2) is 12.4 Å². The summed E-state index contributed by atoms with van der Waals surface area (Å²) in [7, 11) is 0. The van der Waals surface area contributed by atoms with Crippen LogP contribution in [0.3, 0.4) is 0 Å². The Morgan fingerprint density at radius 1 is 1.00 bits per heavy atom. The van der Waals surface area contributed by atoms with Crippen molar-refractivity contribution in [1.82, 2.24) is 0 Å². The summed E-state index contributed by atoms with van der Waals surface area (Å²) in [4.78, 5) is 24.7. The van der Waals surface area contributed by atoms with Crippen LogP contribution in [0.25, 0.3) is 6.08 Å². The molecule has 0 atom stereocenters. The lowest BCUT2D eigenvalue weighted by atomic mass is 10.1. The molecule has 0 aromatic heterocycles. The quantitative estimate of drug-likeness (QED) is 0.304. The number of nitrogens with one attached hydrogen (secondary N) is 2. The van der Waals surface area contributed by atoms with Gasteiger partial charge in [-0.2, -0.15) is 5.26 Å². The van der Waals surface area contributed by atoms with Crippen LogP contribution < -0.4 is 15.4 Å². The molecule has 0 radical (unpaired) electrons. The molecule has 0 fully saturated rings. The molecule has 2 amide bonds. The summed E-state index contributed by atoms with van der Waals surface area (Å²) < 4.78 is 5.50. The third kappa shape index (κ3) is 6.61. The first-order valence-electron chi connectivity index (χ1n) is 10.2. The number of aryl methyl sites for hydroxylation is 2. The summed E-state index contributed by atoms with van der Waals surface area (Å²) in [6.45, 7) is 3.53. The summed E-state index contributed by atoms with van der Waals surface area (Å²) in [5.74, 6) is -0.807. The van der Waals surface area contributed by atoms with Gasteiger partial charge in [0, 0.05) is 11.4 Å². The van der Waals surface area contributed by atoms with Gasteiger partial charge in [0.05, 0.1) is 10.0 Å². The topological polar surface area (TPSA) is 91.2 Å². The molecule has 8 heteroatoms. The van der Waals surface area contributed by atoms with Crippen molar-refractivity contribution in [3.8, 4) is 11.8 Å². The van der Waals surface area contributed by atoms with Gasteiger partial charge in [-0.15, -0.1) is 0 Å². The number of hydrogen-bond donors (Lipinski definition) is 2. The molecule has 3 aromatic rings. The number of rotatable bonds is 7. The molecule has 0 saturated carbocycles. The molecule has 0 saturated heterocycles. The van der Waals surface area contributed by atoms with E-state index in [-0.39, 0.29) is 33.9 Å². The molecule has 2 N–H and O–H groups in total. The number of nitriles is 1. The van der Waals surface area contributed by atoms with Crippen molar-refractivity contribution >= 4 is 52.5 Å². The molecule has 3 rings (SSSR count). The van der Waals surface area contributed by atoms with Gasteiger partial charge in [-0.05, 0) is 61.4 Å². The lowest BCUT2D eigenvalue weighted by Crippen LogP contribution is -2.20. The highest BCUT2D eigenvalue weighted by Crippen LogP contribution is 2.35. The molecule has 0 aliphatic rings. The summed E-state index contributed by atoms with van der Waals surface area (Å²) in [5, 5.41) is 15.2. The monoisotopic (exact) mass is 493 g/mol. The highest BCUT2D eigenvalue weighted by Gasteiger charge is 2.15. The molecule has 0 aliphatic carbocycles. The molecule has 3 aromatic carbocycles. The third-order valence-electron chi connectivity index (χ3n) is 4.73. The Balaban J connectivity index is 1.71. The van der Waals surface area contributed by atoms with Crippen molar-refractivity contribution in [3.63, 3.8) is 0 Å². The minimum absolute atomic E-state index is 0.122. The number of halogens is 2. The van der Waals surface area contributed by atoms with Gasteiger partial charge in [-0.3, -0.25) is 9.59 Å². The number of anilines is 2. The lowest BCUT2D eigenvalue weighted by molar-refractivity contribution is -0.118. The average molecular weight is 494 g/mol. The van der Waals surface area contributed by atoms with E-state index < -0.39 is 5.91 Å². The van der Waals surface area contributed by atoms with E-state index in [9.17, 15) is 14.9 Å². The third-order valence-corrected chi connectivity index (χ3v) is 5.29. The van der Waals surface area contributed by atoms with E-state index in [1.807, 2.05) is 38.1 Å². The van der Waals surface area contributed by atoms with E-state index in [1.165, 1.54) is 18.2 Å². The van der Waals surface area contributed by atoms with Gasteiger partial charge in [-0.25, -0.2) is 0 Å². The van der Waals surface area contributed by atoms with Gasteiger partial charge < -0.3 is 15.4 Å². The first-order chi connectivity index (χ1) is 16.3. The fourth-order valence-corrected chi connectivity index (χ4v) is 3.73. The first-order valence-corrected chi connectivity index (χ1v) is 11.0. The Morgan fingerprint density at radius 3 is 2.29 bits per heavy atom. The van der Waals surface area contributed by atoms with Gasteiger partial charge in [0.2, 0.25) is 0 Å². The largest absolute Gasteiger partial charge is 0.481 e. The second-order valence-electron chi connectivity index (χ2n) is 7.46. The second-order valence-corrected chi connectivity index (χ2v) is 8.27. The number of para-hydroxylation sites is 1. The fourth-order valence-electron chi connectivity index (χ4n) is 3.12. The second kappa shape index (κ2) is 11.4. The zero-order chi connectivity index (χ0) is 24.7. The molecule has 172 valence electrons. The van der Waals surface area contributed by atoms with Crippen molar-refractivity contribution in [2.24, 2.45) is 0 Å². The van der Waals surface area contributed by atoms with E-state index in [2.05, 4.69) is 10.6 Å². The van der Waals surface area contributed by atoms with Crippen LogP contribution >= 0.6 is 23.2 Å². The average Bonchev–Trinajstić information content (AvgIpc) is 2.79. The van der Waals surface area contributed by atoms with Gasteiger partial charge in [0.25, 0.3) is 11.8 Å². The summed E-state index contributed by atoms with van der Waals surface area (Å²) in [5.41, 5.74) is 3.51. The zero-order valence-electron chi connectivity index (χ0n) is 18.5. The highest BCUT2D eigenvalue weighted by atomic mass is 35.5. The first kappa shape index (κ1) is 24.8. The maximum absolute atomic E-state index is 12.6. The number of carbonyl (C=O) groups is 2. The number of benzene rings is 3. The van der Waals surface area contributed by atoms with E-state index in [4.69, 9.17) is 27.9 Å². The fraction of sp³-hybridized carbons (Fsp3) is 0.115. The molecule has 0 heterocycles. The number of ether oxygens (including phenoxy) is 1. The number of carbonyl (C=O) groups excluding carboxylic acids is 2. The molecule has 0 spiro atoms. The minimum atomic E-state index is -0.556. The van der Waals surface area contributed by atoms with Crippen LogP contribution in [-0.4, -0.2) is 18.4 Å². The lowest BCUT2D eigenvalue weighted by Gasteiger charge is -2.12. The molecule has 0 bridgehead atoms. The number of hydrogen-bond acceptors (Lipinski definition) is 4. The molecule has 34 heavy (non-hydrogen) atoms. The Hall–Kier alpha value is -3.79.